The summed E-state index contributed by atoms with van der Waals surface area (Å²) in [4.78, 5) is 4.42. The lowest BCUT2D eigenvalue weighted by molar-refractivity contribution is 0.649. The molecule has 12 heavy (non-hydrogen) atoms. The van der Waals surface area contributed by atoms with Crippen molar-refractivity contribution in [2.24, 2.45) is 5.92 Å². The molecule has 0 aromatic carbocycles. The van der Waals surface area contributed by atoms with Gasteiger partial charge in [-0.05, 0) is 31.6 Å². The van der Waals surface area contributed by atoms with E-state index in [9.17, 15) is 0 Å². The number of imidazole rings is 1. The van der Waals surface area contributed by atoms with Crippen molar-refractivity contribution in [3.63, 3.8) is 0 Å². The fraction of sp³-hybridized carbons (Fsp3) is 0.700. The van der Waals surface area contributed by atoms with Crippen LogP contribution in [0.25, 0.3) is 0 Å². The molecule has 2 heteroatoms. The molecule has 0 spiro atoms. The Morgan fingerprint density at radius 1 is 1.33 bits per heavy atom. The molecule has 0 bridgehead atoms. The second kappa shape index (κ2) is 2.35. The van der Waals surface area contributed by atoms with E-state index in [1.807, 2.05) is 6.20 Å². The highest BCUT2D eigenvalue weighted by Gasteiger charge is 2.28. The molecule has 0 aliphatic heterocycles. The minimum Gasteiger partial charge on any atom is -0.332 e. The van der Waals surface area contributed by atoms with Crippen LogP contribution in [0.1, 0.15) is 37.5 Å². The summed E-state index contributed by atoms with van der Waals surface area (Å²) in [5.74, 6) is 2.30. The van der Waals surface area contributed by atoms with Gasteiger partial charge in [-0.1, -0.05) is 0 Å². The minimum atomic E-state index is 0.807. The van der Waals surface area contributed by atoms with Gasteiger partial charge in [-0.2, -0.15) is 0 Å². The SMILES string of the molecule is c1cn(C2CC2)c(CC2CC2)n1. The Labute approximate surface area is 72.6 Å². The van der Waals surface area contributed by atoms with Gasteiger partial charge < -0.3 is 4.57 Å². The van der Waals surface area contributed by atoms with Crippen LogP contribution in [-0.4, -0.2) is 9.55 Å². The van der Waals surface area contributed by atoms with Crippen molar-refractivity contribution in [1.82, 2.24) is 9.55 Å². The summed E-state index contributed by atoms with van der Waals surface area (Å²) in [7, 11) is 0. The average Bonchev–Trinajstić information content (AvgIpc) is 2.93. The Hall–Kier alpha value is -0.790. The van der Waals surface area contributed by atoms with Crippen LogP contribution < -0.4 is 0 Å². The van der Waals surface area contributed by atoms with Gasteiger partial charge in [-0.15, -0.1) is 0 Å². The fourth-order valence-electron chi connectivity index (χ4n) is 1.77. The van der Waals surface area contributed by atoms with Crippen molar-refractivity contribution in [1.29, 1.82) is 0 Å². The second-order valence-corrected chi connectivity index (χ2v) is 4.13. The lowest BCUT2D eigenvalue weighted by atomic mass is 10.3. The molecule has 0 atom stereocenters. The van der Waals surface area contributed by atoms with Crippen molar-refractivity contribution >= 4 is 0 Å². The van der Waals surface area contributed by atoms with Crippen LogP contribution in [0.2, 0.25) is 0 Å². The molecule has 0 saturated heterocycles. The molecule has 2 aliphatic rings. The Kier molecular flexibility index (Phi) is 1.31. The van der Waals surface area contributed by atoms with Crippen LogP contribution in [0.3, 0.4) is 0 Å². The van der Waals surface area contributed by atoms with Crippen LogP contribution in [0.15, 0.2) is 12.4 Å². The zero-order chi connectivity index (χ0) is 7.97. The summed E-state index contributed by atoms with van der Waals surface area (Å²) >= 11 is 0. The fourth-order valence-corrected chi connectivity index (χ4v) is 1.77. The molecule has 1 heterocycles. The van der Waals surface area contributed by atoms with E-state index in [1.165, 1.54) is 37.9 Å². The van der Waals surface area contributed by atoms with Crippen LogP contribution >= 0.6 is 0 Å². The lowest BCUT2D eigenvalue weighted by Gasteiger charge is -2.03. The highest BCUT2D eigenvalue weighted by Crippen LogP contribution is 2.38. The normalized spacial score (nSPS) is 23.0. The maximum atomic E-state index is 4.42. The number of rotatable bonds is 3. The van der Waals surface area contributed by atoms with Crippen LogP contribution in [0.5, 0.6) is 0 Å². The molecule has 1 aromatic rings. The zero-order valence-corrected chi connectivity index (χ0v) is 7.24. The highest BCUT2D eigenvalue weighted by atomic mass is 15.1. The van der Waals surface area contributed by atoms with Crippen LogP contribution in [0, 0.1) is 5.92 Å². The topological polar surface area (TPSA) is 17.8 Å². The predicted molar refractivity (Wildman–Crippen MR) is 46.9 cm³/mol. The Morgan fingerprint density at radius 2 is 2.17 bits per heavy atom. The molecule has 2 saturated carbocycles. The first-order chi connectivity index (χ1) is 5.93. The quantitative estimate of drug-likeness (QED) is 0.666. The van der Waals surface area contributed by atoms with E-state index in [2.05, 4.69) is 15.7 Å². The third-order valence-corrected chi connectivity index (χ3v) is 2.86. The maximum absolute atomic E-state index is 4.42. The molecule has 0 radical (unpaired) electrons. The van der Waals surface area contributed by atoms with E-state index in [0.29, 0.717) is 0 Å². The van der Waals surface area contributed by atoms with Crippen molar-refractivity contribution in [3.05, 3.63) is 18.2 Å². The van der Waals surface area contributed by atoms with Crippen molar-refractivity contribution in [3.8, 4) is 0 Å². The third kappa shape index (κ3) is 1.15. The van der Waals surface area contributed by atoms with Gasteiger partial charge in [-0.3, -0.25) is 0 Å². The summed E-state index contributed by atoms with van der Waals surface area (Å²) in [6, 6.07) is 0.807. The molecule has 2 fully saturated rings. The van der Waals surface area contributed by atoms with Gasteiger partial charge in [0.2, 0.25) is 0 Å². The second-order valence-electron chi connectivity index (χ2n) is 4.13. The molecular formula is C10H14N2. The smallest absolute Gasteiger partial charge is 0.109 e. The summed E-state index contributed by atoms with van der Waals surface area (Å²) in [6.07, 6.45) is 10.9. The molecular weight excluding hydrogens is 148 g/mol. The number of nitrogens with zero attached hydrogens (tertiary/aromatic N) is 2. The van der Waals surface area contributed by atoms with Gasteiger partial charge >= 0.3 is 0 Å². The summed E-state index contributed by atoms with van der Waals surface area (Å²) < 4.78 is 2.39. The molecule has 2 nitrogen and oxygen atoms in total. The van der Waals surface area contributed by atoms with E-state index >= 15 is 0 Å². The number of hydrogen-bond acceptors (Lipinski definition) is 1. The number of hydrogen-bond donors (Lipinski definition) is 0. The maximum Gasteiger partial charge on any atom is 0.109 e. The third-order valence-electron chi connectivity index (χ3n) is 2.86. The molecule has 2 aliphatic carbocycles. The molecule has 0 amide bonds. The number of aromatic nitrogens is 2. The Morgan fingerprint density at radius 3 is 2.83 bits per heavy atom. The molecule has 3 rings (SSSR count). The minimum absolute atomic E-state index is 0.807. The first kappa shape index (κ1) is 6.70. The molecule has 0 N–H and O–H groups in total. The average molecular weight is 162 g/mol. The lowest BCUT2D eigenvalue weighted by Crippen LogP contribution is -2.01. The van der Waals surface area contributed by atoms with E-state index in [1.54, 1.807) is 0 Å². The van der Waals surface area contributed by atoms with Crippen molar-refractivity contribution in [2.45, 2.75) is 38.1 Å². The van der Waals surface area contributed by atoms with Crippen molar-refractivity contribution in [2.75, 3.05) is 0 Å². The summed E-state index contributed by atoms with van der Waals surface area (Å²) in [5, 5.41) is 0. The largest absolute Gasteiger partial charge is 0.332 e. The van der Waals surface area contributed by atoms with Gasteiger partial charge in [0.15, 0.2) is 0 Å². The monoisotopic (exact) mass is 162 g/mol. The Bertz CT molecular complexity index is 282. The van der Waals surface area contributed by atoms with Gasteiger partial charge in [0, 0.05) is 24.9 Å². The van der Waals surface area contributed by atoms with Gasteiger partial charge in [0.25, 0.3) is 0 Å². The van der Waals surface area contributed by atoms with Gasteiger partial charge in [0.1, 0.15) is 5.82 Å². The standard InChI is InChI=1S/C10H14N2/c1-2-8(1)7-10-11-5-6-12(10)9-3-4-9/h5-6,8-9H,1-4,7H2. The van der Waals surface area contributed by atoms with Crippen LogP contribution in [0.4, 0.5) is 0 Å². The van der Waals surface area contributed by atoms with Crippen molar-refractivity contribution < 1.29 is 0 Å². The first-order valence-electron chi connectivity index (χ1n) is 4.95. The predicted octanol–water partition coefficient (Wildman–Crippen LogP) is 2.17. The van der Waals surface area contributed by atoms with E-state index in [4.69, 9.17) is 0 Å². The first-order valence-corrected chi connectivity index (χ1v) is 4.95. The van der Waals surface area contributed by atoms with Gasteiger partial charge in [-0.25, -0.2) is 4.98 Å². The summed E-state index contributed by atoms with van der Waals surface area (Å²) in [5.41, 5.74) is 0. The van der Waals surface area contributed by atoms with Crippen LogP contribution in [-0.2, 0) is 6.42 Å². The highest BCUT2D eigenvalue weighted by molar-refractivity contribution is 5.01. The Balaban J connectivity index is 1.81. The van der Waals surface area contributed by atoms with E-state index in [-0.39, 0.29) is 0 Å². The molecule has 64 valence electrons. The van der Waals surface area contributed by atoms with E-state index in [0.717, 1.165) is 12.0 Å². The summed E-state index contributed by atoms with van der Waals surface area (Å²) in [6.45, 7) is 0. The zero-order valence-electron chi connectivity index (χ0n) is 7.24. The molecule has 0 unspecified atom stereocenters. The van der Waals surface area contributed by atoms with Gasteiger partial charge in [0.05, 0.1) is 0 Å². The van der Waals surface area contributed by atoms with E-state index < -0.39 is 0 Å². The molecule has 1 aromatic heterocycles.